The summed E-state index contributed by atoms with van der Waals surface area (Å²) < 4.78 is 0. The summed E-state index contributed by atoms with van der Waals surface area (Å²) in [5.74, 6) is -1.20. The number of carboxylic acid groups (broad SMARTS) is 1. The van der Waals surface area contributed by atoms with E-state index in [4.69, 9.17) is 0 Å². The van der Waals surface area contributed by atoms with Gasteiger partial charge in [0.05, 0.1) is 0 Å². The second-order valence-corrected chi connectivity index (χ2v) is 1.91. The minimum absolute atomic E-state index is 1.14. The van der Waals surface area contributed by atoms with Gasteiger partial charge in [-0.2, -0.15) is 0 Å². The number of quaternary nitrogens is 1. The quantitative estimate of drug-likeness (QED) is 0.420. The van der Waals surface area contributed by atoms with Crippen LogP contribution in [0.25, 0.3) is 0 Å². The van der Waals surface area contributed by atoms with Crippen molar-refractivity contribution in [1.82, 2.24) is 0 Å². The minimum Gasteiger partial charge on any atom is -0.543 e. The van der Waals surface area contributed by atoms with E-state index in [1.165, 1.54) is 13.0 Å². The molecule has 0 saturated carbocycles. The van der Waals surface area contributed by atoms with Crippen LogP contribution in [-0.2, 0) is 4.79 Å². The van der Waals surface area contributed by atoms with Crippen LogP contribution in [0.3, 0.4) is 0 Å². The zero-order valence-electron chi connectivity index (χ0n) is 4.81. The Kier molecular flexibility index (Phi) is 1.76. The fourth-order valence-corrected chi connectivity index (χ4v) is 0.0833. The summed E-state index contributed by atoms with van der Waals surface area (Å²) in [5, 5.41) is 10.0. The molecule has 0 spiro atoms. The Morgan fingerprint density at radius 3 is 2.38 bits per heavy atom. The maximum atomic E-state index is 10.0. The third-order valence-corrected chi connectivity index (χ3v) is 0.917. The molecule has 1 atom stereocenters. The summed E-state index contributed by atoms with van der Waals surface area (Å²) in [5.41, 5.74) is 2.17. The fraction of sp³-hybridized carbons (Fsp3) is 0.400. The lowest BCUT2D eigenvalue weighted by molar-refractivity contribution is -0.464. The maximum Gasteiger partial charge on any atom is 0.150 e. The van der Waals surface area contributed by atoms with Gasteiger partial charge in [-0.15, -0.1) is 0 Å². The molecule has 3 N–H and O–H groups in total. The van der Waals surface area contributed by atoms with Crippen LogP contribution in [0.4, 0.5) is 0 Å². The van der Waals surface area contributed by atoms with Crippen molar-refractivity contribution in [3.8, 4) is 0 Å². The van der Waals surface area contributed by atoms with Gasteiger partial charge in [0.15, 0.2) is 5.54 Å². The Morgan fingerprint density at radius 1 is 2.00 bits per heavy atom. The molecule has 0 heterocycles. The van der Waals surface area contributed by atoms with Crippen LogP contribution in [0, 0.1) is 0 Å². The van der Waals surface area contributed by atoms with E-state index in [-0.39, 0.29) is 0 Å². The summed E-state index contributed by atoms with van der Waals surface area (Å²) in [7, 11) is 0. The average molecular weight is 115 g/mol. The zero-order chi connectivity index (χ0) is 6.78. The van der Waals surface area contributed by atoms with Crippen molar-refractivity contribution in [1.29, 1.82) is 0 Å². The van der Waals surface area contributed by atoms with Crippen molar-refractivity contribution in [3.05, 3.63) is 12.7 Å². The molecule has 0 fully saturated rings. The van der Waals surface area contributed by atoms with E-state index in [0.717, 1.165) is 0 Å². The summed E-state index contributed by atoms with van der Waals surface area (Å²) >= 11 is 0. The largest absolute Gasteiger partial charge is 0.543 e. The van der Waals surface area contributed by atoms with Crippen LogP contribution in [0.2, 0.25) is 0 Å². The monoisotopic (exact) mass is 115 g/mol. The molecule has 0 bridgehead atoms. The normalized spacial score (nSPS) is 16.8. The lowest BCUT2D eigenvalue weighted by Gasteiger charge is -2.15. The summed E-state index contributed by atoms with van der Waals surface area (Å²) in [4.78, 5) is 10.0. The smallest absolute Gasteiger partial charge is 0.150 e. The predicted molar refractivity (Wildman–Crippen MR) is 26.5 cm³/mol. The molecule has 0 aromatic carbocycles. The van der Waals surface area contributed by atoms with Crippen LogP contribution in [0.15, 0.2) is 12.7 Å². The SMILES string of the molecule is C=C[C@](C)([NH3+])C(=O)[O-]. The Morgan fingerprint density at radius 2 is 2.38 bits per heavy atom. The lowest BCUT2D eigenvalue weighted by atomic mass is 10.1. The molecular formula is C5H9NO2. The van der Waals surface area contributed by atoms with Gasteiger partial charge in [0.2, 0.25) is 0 Å². The van der Waals surface area contributed by atoms with E-state index >= 15 is 0 Å². The van der Waals surface area contributed by atoms with Gasteiger partial charge in [-0.25, -0.2) is 0 Å². The number of hydrogen-bond donors (Lipinski definition) is 1. The third kappa shape index (κ3) is 1.35. The van der Waals surface area contributed by atoms with E-state index in [1.54, 1.807) is 0 Å². The van der Waals surface area contributed by atoms with E-state index in [0.29, 0.717) is 0 Å². The van der Waals surface area contributed by atoms with Crippen LogP contribution in [-0.4, -0.2) is 11.5 Å². The highest BCUT2D eigenvalue weighted by molar-refractivity contribution is 5.76. The molecule has 0 amide bonds. The molecule has 0 rings (SSSR count). The predicted octanol–water partition coefficient (Wildman–Crippen LogP) is -2.08. The Bertz CT molecular complexity index is 118. The van der Waals surface area contributed by atoms with E-state index < -0.39 is 11.5 Å². The molecule has 3 nitrogen and oxygen atoms in total. The number of hydrogen-bond acceptors (Lipinski definition) is 2. The van der Waals surface area contributed by atoms with Crippen molar-refractivity contribution in [3.63, 3.8) is 0 Å². The van der Waals surface area contributed by atoms with Gasteiger partial charge in [-0.1, -0.05) is 6.58 Å². The number of carbonyl (C=O) groups excluding carboxylic acids is 1. The van der Waals surface area contributed by atoms with Crippen molar-refractivity contribution in [2.45, 2.75) is 12.5 Å². The van der Waals surface area contributed by atoms with Gasteiger partial charge in [0.25, 0.3) is 0 Å². The van der Waals surface area contributed by atoms with Crippen LogP contribution in [0.1, 0.15) is 6.92 Å². The zero-order valence-corrected chi connectivity index (χ0v) is 4.81. The van der Waals surface area contributed by atoms with Gasteiger partial charge >= 0.3 is 0 Å². The molecule has 0 aromatic rings. The van der Waals surface area contributed by atoms with Crippen molar-refractivity contribution in [2.75, 3.05) is 0 Å². The van der Waals surface area contributed by atoms with Gasteiger partial charge in [-0.3, -0.25) is 0 Å². The molecular weight excluding hydrogens is 106 g/mol. The van der Waals surface area contributed by atoms with Gasteiger partial charge in [0.1, 0.15) is 5.97 Å². The maximum absolute atomic E-state index is 10.0. The molecule has 8 heavy (non-hydrogen) atoms. The number of carbonyl (C=O) groups is 1. The molecule has 0 unspecified atom stereocenters. The van der Waals surface area contributed by atoms with Gasteiger partial charge < -0.3 is 15.6 Å². The summed E-state index contributed by atoms with van der Waals surface area (Å²) in [6.07, 6.45) is 1.24. The average Bonchev–Trinajstić information content (AvgIpc) is 1.67. The highest BCUT2D eigenvalue weighted by Crippen LogP contribution is 1.91. The highest BCUT2D eigenvalue weighted by Gasteiger charge is 2.18. The first-order valence-electron chi connectivity index (χ1n) is 2.21. The van der Waals surface area contributed by atoms with Crippen LogP contribution >= 0.6 is 0 Å². The Labute approximate surface area is 47.8 Å². The first kappa shape index (κ1) is 7.17. The van der Waals surface area contributed by atoms with E-state index in [1.807, 2.05) is 0 Å². The van der Waals surface area contributed by atoms with E-state index in [9.17, 15) is 9.90 Å². The molecule has 0 aliphatic carbocycles. The first-order valence-corrected chi connectivity index (χ1v) is 2.21. The third-order valence-electron chi connectivity index (χ3n) is 0.917. The summed E-state index contributed by atoms with van der Waals surface area (Å²) in [6, 6.07) is 0. The highest BCUT2D eigenvalue weighted by atomic mass is 16.4. The topological polar surface area (TPSA) is 67.8 Å². The number of carboxylic acids is 1. The molecule has 0 saturated heterocycles. The molecule has 0 aliphatic rings. The second kappa shape index (κ2) is 1.96. The van der Waals surface area contributed by atoms with Crippen molar-refractivity contribution in [2.24, 2.45) is 0 Å². The minimum atomic E-state index is -1.20. The lowest BCUT2D eigenvalue weighted by Crippen LogP contribution is -2.76. The molecule has 3 heteroatoms. The Balaban J connectivity index is 4.12. The molecule has 0 radical (unpaired) electrons. The second-order valence-electron chi connectivity index (χ2n) is 1.91. The fourth-order valence-electron chi connectivity index (χ4n) is 0.0833. The van der Waals surface area contributed by atoms with Crippen molar-refractivity contribution >= 4 is 5.97 Å². The molecule has 0 aromatic heterocycles. The van der Waals surface area contributed by atoms with Gasteiger partial charge in [0, 0.05) is 6.92 Å². The molecule has 0 aliphatic heterocycles. The van der Waals surface area contributed by atoms with E-state index in [2.05, 4.69) is 12.3 Å². The van der Waals surface area contributed by atoms with Crippen LogP contribution in [0.5, 0.6) is 0 Å². The number of rotatable bonds is 2. The summed E-state index contributed by atoms with van der Waals surface area (Å²) in [6.45, 7) is 4.70. The Hall–Kier alpha value is -0.830. The first-order chi connectivity index (χ1) is 3.50. The van der Waals surface area contributed by atoms with Gasteiger partial charge in [-0.05, 0) is 6.08 Å². The standard InChI is InChI=1S/C5H9NO2/c1-3-5(2,6)4(7)8/h3H,1,6H2,2H3,(H,7,8)/t5-/m0/s1. The number of aliphatic carboxylic acids is 1. The van der Waals surface area contributed by atoms with Crippen molar-refractivity contribution < 1.29 is 15.6 Å². The van der Waals surface area contributed by atoms with Crippen LogP contribution < -0.4 is 10.8 Å². The molecule has 46 valence electrons.